The lowest BCUT2D eigenvalue weighted by atomic mass is 10.1. The zero-order valence-electron chi connectivity index (χ0n) is 11.6. The molecule has 0 aliphatic heterocycles. The highest BCUT2D eigenvalue weighted by molar-refractivity contribution is 6.74. The molecule has 0 bridgehead atoms. The Labute approximate surface area is 101 Å². The van der Waals surface area contributed by atoms with E-state index < -0.39 is 14.4 Å². The highest BCUT2D eigenvalue weighted by Gasteiger charge is 2.40. The van der Waals surface area contributed by atoms with Gasteiger partial charge in [0, 0.05) is 0 Å². The van der Waals surface area contributed by atoms with Crippen LogP contribution in [0.25, 0.3) is 0 Å². The molecule has 0 rings (SSSR count). The van der Waals surface area contributed by atoms with Gasteiger partial charge in [-0.15, -0.1) is 0 Å². The third-order valence-electron chi connectivity index (χ3n) is 3.38. The van der Waals surface area contributed by atoms with E-state index in [0.29, 0.717) is 0 Å². The van der Waals surface area contributed by atoms with Crippen molar-refractivity contribution in [3.05, 3.63) is 0 Å². The van der Waals surface area contributed by atoms with E-state index in [9.17, 15) is 4.79 Å². The van der Waals surface area contributed by atoms with Crippen LogP contribution >= 0.6 is 0 Å². The molecule has 1 amide bonds. The van der Waals surface area contributed by atoms with Crippen LogP contribution in [-0.2, 0) is 9.22 Å². The zero-order chi connectivity index (χ0) is 13.0. The van der Waals surface area contributed by atoms with E-state index in [1.165, 1.54) is 0 Å². The quantitative estimate of drug-likeness (QED) is 0.731. The summed E-state index contributed by atoms with van der Waals surface area (Å²) in [7, 11) is -1.88. The fraction of sp³-hybridized carbons (Fsp3) is 0.917. The van der Waals surface area contributed by atoms with Crippen molar-refractivity contribution in [1.82, 2.24) is 0 Å². The number of hydrogen-bond donors (Lipinski definition) is 1. The van der Waals surface area contributed by atoms with E-state index in [-0.39, 0.29) is 10.9 Å². The van der Waals surface area contributed by atoms with Crippen molar-refractivity contribution in [2.75, 3.05) is 0 Å². The summed E-state index contributed by atoms with van der Waals surface area (Å²) in [5.74, 6) is -0.321. The van der Waals surface area contributed by atoms with Crippen LogP contribution in [0.2, 0.25) is 18.1 Å². The second-order valence-electron chi connectivity index (χ2n) is 5.91. The molecule has 2 N–H and O–H groups in total. The van der Waals surface area contributed by atoms with Crippen molar-refractivity contribution in [1.29, 1.82) is 0 Å². The minimum atomic E-state index is -1.88. The van der Waals surface area contributed by atoms with E-state index in [2.05, 4.69) is 40.8 Å². The molecule has 4 heteroatoms. The Bertz CT molecular complexity index is 234. The Morgan fingerprint density at radius 3 is 2.19 bits per heavy atom. The van der Waals surface area contributed by atoms with Crippen LogP contribution in [0.5, 0.6) is 0 Å². The molecule has 0 aliphatic rings. The minimum absolute atomic E-state index is 0.118. The summed E-state index contributed by atoms with van der Waals surface area (Å²) in [6, 6.07) is 0. The van der Waals surface area contributed by atoms with Gasteiger partial charge in [-0.05, 0) is 24.6 Å². The van der Waals surface area contributed by atoms with Crippen molar-refractivity contribution in [3.63, 3.8) is 0 Å². The van der Waals surface area contributed by atoms with Crippen molar-refractivity contribution >= 4 is 14.2 Å². The Kier molecular flexibility index (Phi) is 5.69. The van der Waals surface area contributed by atoms with Gasteiger partial charge < -0.3 is 10.2 Å². The summed E-state index contributed by atoms with van der Waals surface area (Å²) in [6.45, 7) is 12.9. The Morgan fingerprint density at radius 2 is 1.88 bits per heavy atom. The van der Waals surface area contributed by atoms with Gasteiger partial charge in [-0.2, -0.15) is 0 Å². The predicted molar refractivity (Wildman–Crippen MR) is 70.8 cm³/mol. The van der Waals surface area contributed by atoms with Gasteiger partial charge in [-0.3, -0.25) is 4.79 Å². The van der Waals surface area contributed by atoms with Crippen LogP contribution in [0, 0.1) is 0 Å². The van der Waals surface area contributed by atoms with Crippen molar-refractivity contribution in [3.8, 4) is 0 Å². The number of carbonyl (C=O) groups excluding carboxylic acids is 1. The van der Waals surface area contributed by atoms with Gasteiger partial charge in [0.25, 0.3) is 0 Å². The van der Waals surface area contributed by atoms with Gasteiger partial charge in [0.15, 0.2) is 8.32 Å². The molecular weight excluding hydrogens is 218 g/mol. The maximum absolute atomic E-state index is 11.3. The molecular formula is C12H27NO2Si. The molecule has 96 valence electrons. The number of nitrogens with two attached hydrogens (primary N) is 1. The smallest absolute Gasteiger partial charge is 0.245 e. The summed E-state index contributed by atoms with van der Waals surface area (Å²) in [6.07, 6.45) is 2.39. The molecule has 0 saturated carbocycles. The molecule has 0 spiro atoms. The first-order valence-electron chi connectivity index (χ1n) is 6.09. The lowest BCUT2D eigenvalue weighted by molar-refractivity contribution is -0.125. The maximum Gasteiger partial charge on any atom is 0.245 e. The molecule has 1 atom stereocenters. The first-order valence-corrected chi connectivity index (χ1v) is 8.99. The molecule has 0 radical (unpaired) electrons. The molecule has 16 heavy (non-hydrogen) atoms. The third-order valence-corrected chi connectivity index (χ3v) is 7.87. The lowest BCUT2D eigenvalue weighted by Crippen LogP contribution is -2.47. The Balaban J connectivity index is 4.56. The minimum Gasteiger partial charge on any atom is -0.405 e. The van der Waals surface area contributed by atoms with Crippen LogP contribution in [0.3, 0.4) is 0 Å². The van der Waals surface area contributed by atoms with Crippen molar-refractivity contribution in [2.24, 2.45) is 5.73 Å². The van der Waals surface area contributed by atoms with Gasteiger partial charge >= 0.3 is 0 Å². The number of unbranched alkanes of at least 4 members (excludes halogenated alkanes) is 1. The molecule has 3 nitrogen and oxygen atoms in total. The Hall–Kier alpha value is -0.353. The second kappa shape index (κ2) is 5.82. The first-order chi connectivity index (χ1) is 7.12. The van der Waals surface area contributed by atoms with Gasteiger partial charge in [-0.1, -0.05) is 40.5 Å². The summed E-state index contributed by atoms with van der Waals surface area (Å²) in [5, 5.41) is 0.118. The standard InChI is InChI=1S/C12H27NO2Si/c1-7-8-9-10(11(13)14)15-16(5,6)12(2,3)4/h10H,7-9H2,1-6H3,(H2,13,14). The Morgan fingerprint density at radius 1 is 1.38 bits per heavy atom. The van der Waals surface area contributed by atoms with E-state index in [0.717, 1.165) is 19.3 Å². The fourth-order valence-electron chi connectivity index (χ4n) is 1.18. The zero-order valence-corrected chi connectivity index (χ0v) is 12.6. The normalized spacial score (nSPS) is 14.9. The lowest BCUT2D eigenvalue weighted by Gasteiger charge is -2.38. The first kappa shape index (κ1) is 15.6. The molecule has 0 fully saturated rings. The number of amides is 1. The van der Waals surface area contributed by atoms with Crippen molar-refractivity contribution in [2.45, 2.75) is 71.2 Å². The van der Waals surface area contributed by atoms with Gasteiger partial charge in [0.05, 0.1) is 0 Å². The monoisotopic (exact) mass is 245 g/mol. The average molecular weight is 245 g/mol. The van der Waals surface area contributed by atoms with E-state index in [1.54, 1.807) is 0 Å². The van der Waals surface area contributed by atoms with Crippen LogP contribution in [0.1, 0.15) is 47.0 Å². The van der Waals surface area contributed by atoms with Crippen LogP contribution < -0.4 is 5.73 Å². The molecule has 0 saturated heterocycles. The average Bonchev–Trinajstić information content (AvgIpc) is 2.09. The van der Waals surface area contributed by atoms with Crippen LogP contribution in [0.4, 0.5) is 0 Å². The van der Waals surface area contributed by atoms with Crippen molar-refractivity contribution < 1.29 is 9.22 Å². The van der Waals surface area contributed by atoms with E-state index >= 15 is 0 Å². The fourth-order valence-corrected chi connectivity index (χ4v) is 2.48. The maximum atomic E-state index is 11.3. The molecule has 0 heterocycles. The molecule has 0 aromatic heterocycles. The van der Waals surface area contributed by atoms with Crippen LogP contribution in [-0.4, -0.2) is 20.3 Å². The highest BCUT2D eigenvalue weighted by atomic mass is 28.4. The third kappa shape index (κ3) is 4.66. The van der Waals surface area contributed by atoms with E-state index in [4.69, 9.17) is 10.2 Å². The SMILES string of the molecule is CCCCC(O[Si](C)(C)C(C)(C)C)C(N)=O. The topological polar surface area (TPSA) is 52.3 Å². The van der Waals surface area contributed by atoms with Gasteiger partial charge in [0.2, 0.25) is 5.91 Å². The largest absolute Gasteiger partial charge is 0.405 e. The summed E-state index contributed by atoms with van der Waals surface area (Å²) in [4.78, 5) is 11.3. The van der Waals surface area contributed by atoms with Crippen LogP contribution in [0.15, 0.2) is 0 Å². The summed E-state index contributed by atoms with van der Waals surface area (Å²) < 4.78 is 6.03. The molecule has 0 aromatic rings. The number of hydrogen-bond acceptors (Lipinski definition) is 2. The highest BCUT2D eigenvalue weighted by Crippen LogP contribution is 2.37. The summed E-state index contributed by atoms with van der Waals surface area (Å²) >= 11 is 0. The predicted octanol–water partition coefficient (Wildman–Crippen LogP) is 3.05. The second-order valence-corrected chi connectivity index (χ2v) is 10.7. The van der Waals surface area contributed by atoms with Gasteiger partial charge in [-0.25, -0.2) is 0 Å². The molecule has 0 aromatic carbocycles. The number of primary amides is 1. The number of rotatable bonds is 6. The van der Waals surface area contributed by atoms with Gasteiger partial charge in [0.1, 0.15) is 6.10 Å². The van der Waals surface area contributed by atoms with E-state index in [1.807, 2.05) is 0 Å². The summed E-state index contributed by atoms with van der Waals surface area (Å²) in [5.41, 5.74) is 5.39. The number of carbonyl (C=O) groups is 1. The molecule has 0 aliphatic carbocycles. The molecule has 1 unspecified atom stereocenters.